The molecule has 0 atom stereocenters. The molecule has 0 saturated heterocycles. The van der Waals surface area contributed by atoms with Crippen molar-refractivity contribution >= 4 is 10.1 Å². The largest absolute Gasteiger partial charge is 0.493 e. The van der Waals surface area contributed by atoms with Crippen LogP contribution in [0.15, 0.2) is 42.5 Å². The van der Waals surface area contributed by atoms with Crippen molar-refractivity contribution in [2.24, 2.45) is 0 Å². The highest BCUT2D eigenvalue weighted by Crippen LogP contribution is 2.29. The summed E-state index contributed by atoms with van der Waals surface area (Å²) in [6.45, 7) is 0. The Labute approximate surface area is 134 Å². The minimum atomic E-state index is -3.94. The molecule has 7 heteroatoms. The lowest BCUT2D eigenvalue weighted by molar-refractivity contribution is 0.390. The molecule has 0 aliphatic rings. The fourth-order valence-corrected chi connectivity index (χ4v) is 2.97. The van der Waals surface area contributed by atoms with Crippen molar-refractivity contribution in [3.63, 3.8) is 0 Å². The van der Waals surface area contributed by atoms with Crippen LogP contribution in [0.25, 0.3) is 0 Å². The Hall–Kier alpha value is -3.03. The standard InChI is InChI=1S/C16H12N2O4S/c1-21-16-8-13(10-18)5-6-15(16)22-23(19,20)11-14-4-2-3-12(7-14)9-17/h2-8H,11H2,1H3. The molecule has 23 heavy (non-hydrogen) atoms. The third-order valence-corrected chi connectivity index (χ3v) is 4.03. The van der Waals surface area contributed by atoms with Gasteiger partial charge in [0.25, 0.3) is 0 Å². The van der Waals surface area contributed by atoms with Gasteiger partial charge in [-0.1, -0.05) is 12.1 Å². The van der Waals surface area contributed by atoms with Gasteiger partial charge in [-0.25, -0.2) is 0 Å². The van der Waals surface area contributed by atoms with Crippen molar-refractivity contribution in [1.82, 2.24) is 0 Å². The number of ether oxygens (including phenoxy) is 1. The van der Waals surface area contributed by atoms with E-state index in [1.807, 2.05) is 12.1 Å². The maximum atomic E-state index is 12.2. The molecule has 0 aromatic heterocycles. The first-order valence-electron chi connectivity index (χ1n) is 6.47. The van der Waals surface area contributed by atoms with E-state index in [2.05, 4.69) is 0 Å². The predicted molar refractivity (Wildman–Crippen MR) is 82.1 cm³/mol. The van der Waals surface area contributed by atoms with E-state index in [0.29, 0.717) is 16.7 Å². The molecule has 0 amide bonds. The van der Waals surface area contributed by atoms with E-state index in [-0.39, 0.29) is 17.3 Å². The quantitative estimate of drug-likeness (QED) is 0.781. The number of hydrogen-bond acceptors (Lipinski definition) is 6. The van der Waals surface area contributed by atoms with Crippen molar-refractivity contribution in [3.05, 3.63) is 59.2 Å². The Kier molecular flexibility index (Phi) is 4.85. The topological polar surface area (TPSA) is 100 Å². The van der Waals surface area contributed by atoms with Crippen LogP contribution in [0, 0.1) is 22.7 Å². The van der Waals surface area contributed by atoms with Gasteiger partial charge in [0.05, 0.1) is 30.4 Å². The molecular weight excluding hydrogens is 316 g/mol. The van der Waals surface area contributed by atoms with E-state index in [1.165, 1.54) is 31.4 Å². The molecule has 0 radical (unpaired) electrons. The molecule has 0 fully saturated rings. The predicted octanol–water partition coefficient (Wildman–Crippen LogP) is 2.35. The number of nitrogens with zero attached hydrogens (tertiary/aromatic N) is 2. The molecule has 2 aromatic carbocycles. The lowest BCUT2D eigenvalue weighted by Crippen LogP contribution is -2.12. The van der Waals surface area contributed by atoms with E-state index in [1.54, 1.807) is 18.2 Å². The Balaban J connectivity index is 2.25. The van der Waals surface area contributed by atoms with E-state index < -0.39 is 10.1 Å². The van der Waals surface area contributed by atoms with E-state index in [4.69, 9.17) is 19.4 Å². The summed E-state index contributed by atoms with van der Waals surface area (Å²) in [5.74, 6) is -0.229. The molecule has 0 bridgehead atoms. The van der Waals surface area contributed by atoms with Crippen LogP contribution < -0.4 is 8.92 Å². The molecule has 116 valence electrons. The molecule has 0 aliphatic carbocycles. The van der Waals surface area contributed by atoms with Crippen LogP contribution in [0.2, 0.25) is 0 Å². The molecule has 0 N–H and O–H groups in total. The summed E-state index contributed by atoms with van der Waals surface area (Å²) in [4.78, 5) is 0. The summed E-state index contributed by atoms with van der Waals surface area (Å²) >= 11 is 0. The minimum Gasteiger partial charge on any atom is -0.493 e. The van der Waals surface area contributed by atoms with Gasteiger partial charge < -0.3 is 8.92 Å². The highest BCUT2D eigenvalue weighted by molar-refractivity contribution is 7.86. The monoisotopic (exact) mass is 328 g/mol. The van der Waals surface area contributed by atoms with E-state index in [0.717, 1.165) is 0 Å². The van der Waals surface area contributed by atoms with Crippen molar-refractivity contribution < 1.29 is 17.3 Å². The van der Waals surface area contributed by atoms with Crippen LogP contribution in [0.1, 0.15) is 16.7 Å². The zero-order chi connectivity index (χ0) is 16.9. The molecule has 0 unspecified atom stereocenters. The molecule has 0 aliphatic heterocycles. The van der Waals surface area contributed by atoms with Crippen molar-refractivity contribution in [1.29, 1.82) is 10.5 Å². The van der Waals surface area contributed by atoms with Crippen LogP contribution in [-0.4, -0.2) is 15.5 Å². The van der Waals surface area contributed by atoms with Crippen LogP contribution in [-0.2, 0) is 15.9 Å². The van der Waals surface area contributed by atoms with Crippen LogP contribution in [0.4, 0.5) is 0 Å². The summed E-state index contributed by atoms with van der Waals surface area (Å²) in [6, 6.07) is 14.3. The molecule has 0 heterocycles. The number of nitriles is 2. The van der Waals surface area contributed by atoms with Crippen LogP contribution in [0.5, 0.6) is 11.5 Å². The zero-order valence-corrected chi connectivity index (χ0v) is 13.0. The van der Waals surface area contributed by atoms with Gasteiger partial charge in [-0.3, -0.25) is 0 Å². The fourth-order valence-electron chi connectivity index (χ4n) is 1.91. The fraction of sp³-hybridized carbons (Fsp3) is 0.125. The van der Waals surface area contributed by atoms with Gasteiger partial charge in [0.1, 0.15) is 5.75 Å². The summed E-state index contributed by atoms with van der Waals surface area (Å²) in [7, 11) is -2.58. The van der Waals surface area contributed by atoms with Gasteiger partial charge in [-0.05, 0) is 29.8 Å². The highest BCUT2D eigenvalue weighted by Gasteiger charge is 2.17. The third kappa shape index (κ3) is 4.22. The summed E-state index contributed by atoms with van der Waals surface area (Å²) < 4.78 is 34.4. The normalized spacial score (nSPS) is 10.4. The second kappa shape index (κ2) is 6.82. The first kappa shape index (κ1) is 16.3. The SMILES string of the molecule is COc1cc(C#N)ccc1OS(=O)(=O)Cc1cccc(C#N)c1. The van der Waals surface area contributed by atoms with Crippen LogP contribution >= 0.6 is 0 Å². The van der Waals surface area contributed by atoms with Gasteiger partial charge in [0.15, 0.2) is 11.5 Å². The van der Waals surface area contributed by atoms with E-state index in [9.17, 15) is 8.42 Å². The second-order valence-corrected chi connectivity index (χ2v) is 6.15. The number of methoxy groups -OCH3 is 1. The average Bonchev–Trinajstić information content (AvgIpc) is 2.54. The third-order valence-electron chi connectivity index (χ3n) is 2.91. The lowest BCUT2D eigenvalue weighted by atomic mass is 10.2. The lowest BCUT2D eigenvalue weighted by Gasteiger charge is -2.11. The Morgan fingerprint density at radius 2 is 1.70 bits per heavy atom. The van der Waals surface area contributed by atoms with Crippen LogP contribution in [0.3, 0.4) is 0 Å². The summed E-state index contributed by atoms with van der Waals surface area (Å²) in [6.07, 6.45) is 0. The number of benzene rings is 2. The maximum absolute atomic E-state index is 12.2. The van der Waals surface area contributed by atoms with Gasteiger partial charge in [0, 0.05) is 6.07 Å². The Bertz CT molecular complexity index is 908. The molecule has 2 aromatic rings. The Morgan fingerprint density at radius 1 is 1.00 bits per heavy atom. The summed E-state index contributed by atoms with van der Waals surface area (Å²) in [5, 5.41) is 17.7. The number of rotatable bonds is 5. The maximum Gasteiger partial charge on any atom is 0.313 e. The van der Waals surface area contributed by atoms with Gasteiger partial charge in [-0.15, -0.1) is 0 Å². The molecular formula is C16H12N2O4S. The first-order chi connectivity index (χ1) is 11.0. The molecule has 0 saturated carbocycles. The average molecular weight is 328 g/mol. The first-order valence-corrected chi connectivity index (χ1v) is 8.04. The van der Waals surface area contributed by atoms with Gasteiger partial charge in [-0.2, -0.15) is 18.9 Å². The zero-order valence-electron chi connectivity index (χ0n) is 12.2. The molecule has 2 rings (SSSR count). The molecule has 0 spiro atoms. The van der Waals surface area contributed by atoms with Gasteiger partial charge in [0.2, 0.25) is 0 Å². The highest BCUT2D eigenvalue weighted by atomic mass is 32.2. The molecule has 6 nitrogen and oxygen atoms in total. The number of hydrogen-bond donors (Lipinski definition) is 0. The van der Waals surface area contributed by atoms with Crippen molar-refractivity contribution in [3.8, 4) is 23.6 Å². The summed E-state index contributed by atoms with van der Waals surface area (Å²) in [5.41, 5.74) is 1.14. The minimum absolute atomic E-state index is 0.00272. The smallest absolute Gasteiger partial charge is 0.313 e. The Morgan fingerprint density at radius 3 is 2.35 bits per heavy atom. The van der Waals surface area contributed by atoms with Gasteiger partial charge >= 0.3 is 10.1 Å². The van der Waals surface area contributed by atoms with Crippen molar-refractivity contribution in [2.75, 3.05) is 7.11 Å². The van der Waals surface area contributed by atoms with Crippen molar-refractivity contribution in [2.45, 2.75) is 5.75 Å². The van der Waals surface area contributed by atoms with E-state index >= 15 is 0 Å². The second-order valence-electron chi connectivity index (χ2n) is 4.57.